The topological polar surface area (TPSA) is 18.5 Å². The standard InChI is InChI=1S/C14H20O2/c1-5-14-13-8-11(15-4)6-9(2)12(13)7-10(3)16-14/h6,8,10,14H,5,7H2,1-4H3. The lowest BCUT2D eigenvalue weighted by atomic mass is 9.90. The number of benzene rings is 1. The molecule has 0 aromatic heterocycles. The zero-order valence-corrected chi connectivity index (χ0v) is 10.5. The van der Waals surface area contributed by atoms with E-state index in [4.69, 9.17) is 9.47 Å². The Bertz CT molecular complexity index is 385. The van der Waals surface area contributed by atoms with Crippen molar-refractivity contribution in [1.82, 2.24) is 0 Å². The van der Waals surface area contributed by atoms with Gasteiger partial charge in [-0.3, -0.25) is 0 Å². The van der Waals surface area contributed by atoms with E-state index in [-0.39, 0.29) is 6.10 Å². The fourth-order valence-corrected chi connectivity index (χ4v) is 2.50. The van der Waals surface area contributed by atoms with E-state index >= 15 is 0 Å². The summed E-state index contributed by atoms with van der Waals surface area (Å²) >= 11 is 0. The van der Waals surface area contributed by atoms with Gasteiger partial charge in [0.2, 0.25) is 0 Å². The van der Waals surface area contributed by atoms with Crippen LogP contribution in [0.4, 0.5) is 0 Å². The highest BCUT2D eigenvalue weighted by molar-refractivity contribution is 5.44. The van der Waals surface area contributed by atoms with Crippen molar-refractivity contribution in [2.45, 2.75) is 45.8 Å². The lowest BCUT2D eigenvalue weighted by Gasteiger charge is -2.31. The van der Waals surface area contributed by atoms with Crippen molar-refractivity contribution in [3.63, 3.8) is 0 Å². The van der Waals surface area contributed by atoms with Crippen molar-refractivity contribution in [1.29, 1.82) is 0 Å². The van der Waals surface area contributed by atoms with Gasteiger partial charge in [0, 0.05) is 0 Å². The molecule has 1 aliphatic heterocycles. The first-order chi connectivity index (χ1) is 7.65. The van der Waals surface area contributed by atoms with E-state index in [9.17, 15) is 0 Å². The Balaban J connectivity index is 2.49. The molecule has 0 fully saturated rings. The summed E-state index contributed by atoms with van der Waals surface area (Å²) in [6.45, 7) is 6.47. The van der Waals surface area contributed by atoms with Gasteiger partial charge < -0.3 is 9.47 Å². The van der Waals surface area contributed by atoms with Gasteiger partial charge in [-0.15, -0.1) is 0 Å². The molecule has 16 heavy (non-hydrogen) atoms. The minimum Gasteiger partial charge on any atom is -0.497 e. The maximum Gasteiger partial charge on any atom is 0.119 e. The van der Waals surface area contributed by atoms with Crippen molar-refractivity contribution in [3.05, 3.63) is 28.8 Å². The third-order valence-electron chi connectivity index (χ3n) is 3.32. The van der Waals surface area contributed by atoms with Crippen LogP contribution in [-0.4, -0.2) is 13.2 Å². The molecule has 1 aromatic carbocycles. The minimum atomic E-state index is 0.229. The fourth-order valence-electron chi connectivity index (χ4n) is 2.50. The van der Waals surface area contributed by atoms with Crippen molar-refractivity contribution in [2.24, 2.45) is 0 Å². The van der Waals surface area contributed by atoms with Gasteiger partial charge in [-0.05, 0) is 55.5 Å². The van der Waals surface area contributed by atoms with E-state index in [2.05, 4.69) is 32.9 Å². The molecule has 2 heteroatoms. The van der Waals surface area contributed by atoms with Gasteiger partial charge >= 0.3 is 0 Å². The minimum absolute atomic E-state index is 0.229. The Hall–Kier alpha value is -1.02. The third kappa shape index (κ3) is 1.94. The van der Waals surface area contributed by atoms with Crippen LogP contribution in [0.2, 0.25) is 0 Å². The highest BCUT2D eigenvalue weighted by Gasteiger charge is 2.25. The summed E-state index contributed by atoms with van der Waals surface area (Å²) < 4.78 is 11.3. The van der Waals surface area contributed by atoms with Gasteiger partial charge in [-0.1, -0.05) is 6.92 Å². The second-order valence-corrected chi connectivity index (χ2v) is 4.56. The summed E-state index contributed by atoms with van der Waals surface area (Å²) in [5.74, 6) is 0.938. The molecule has 0 bridgehead atoms. The molecule has 0 saturated carbocycles. The van der Waals surface area contributed by atoms with Crippen LogP contribution in [0.5, 0.6) is 5.75 Å². The number of aryl methyl sites for hydroxylation is 1. The zero-order valence-electron chi connectivity index (χ0n) is 10.5. The Morgan fingerprint density at radius 3 is 2.81 bits per heavy atom. The van der Waals surface area contributed by atoms with Crippen LogP contribution < -0.4 is 4.74 Å². The molecule has 0 radical (unpaired) electrons. The molecule has 0 N–H and O–H groups in total. The first kappa shape index (κ1) is 11.5. The van der Waals surface area contributed by atoms with Crippen molar-refractivity contribution in [2.75, 3.05) is 7.11 Å². The maximum atomic E-state index is 5.96. The summed E-state index contributed by atoms with van der Waals surface area (Å²) in [5.41, 5.74) is 4.09. The zero-order chi connectivity index (χ0) is 11.7. The highest BCUT2D eigenvalue weighted by atomic mass is 16.5. The molecule has 88 valence electrons. The average Bonchev–Trinajstić information content (AvgIpc) is 2.28. The maximum absolute atomic E-state index is 5.96. The Morgan fingerprint density at radius 2 is 2.19 bits per heavy atom. The third-order valence-corrected chi connectivity index (χ3v) is 3.32. The van der Waals surface area contributed by atoms with Crippen molar-refractivity contribution in [3.8, 4) is 5.75 Å². The van der Waals surface area contributed by atoms with Crippen LogP contribution in [0.1, 0.15) is 43.1 Å². The predicted molar refractivity (Wildman–Crippen MR) is 65.0 cm³/mol. The molecule has 0 amide bonds. The first-order valence-corrected chi connectivity index (χ1v) is 5.98. The van der Waals surface area contributed by atoms with Crippen LogP contribution in [0, 0.1) is 6.92 Å². The molecule has 2 nitrogen and oxygen atoms in total. The number of hydrogen-bond acceptors (Lipinski definition) is 2. The van der Waals surface area contributed by atoms with Gasteiger partial charge in [-0.2, -0.15) is 0 Å². The smallest absolute Gasteiger partial charge is 0.119 e. The van der Waals surface area contributed by atoms with Gasteiger partial charge in [-0.25, -0.2) is 0 Å². The first-order valence-electron chi connectivity index (χ1n) is 5.98. The Labute approximate surface area is 97.6 Å². The van der Waals surface area contributed by atoms with E-state index in [1.165, 1.54) is 16.7 Å². The summed E-state index contributed by atoms with van der Waals surface area (Å²) in [5, 5.41) is 0. The van der Waals surface area contributed by atoms with Gasteiger partial charge in [0.1, 0.15) is 5.75 Å². The summed E-state index contributed by atoms with van der Waals surface area (Å²) in [6, 6.07) is 4.24. The molecule has 2 rings (SSSR count). The highest BCUT2D eigenvalue weighted by Crippen LogP contribution is 2.36. The van der Waals surface area contributed by atoms with E-state index < -0.39 is 0 Å². The van der Waals surface area contributed by atoms with Crippen molar-refractivity contribution < 1.29 is 9.47 Å². The molecule has 0 saturated heterocycles. The molecule has 1 aromatic rings. The predicted octanol–water partition coefficient (Wildman–Crippen LogP) is 3.42. The van der Waals surface area contributed by atoms with E-state index in [1.807, 2.05) is 0 Å². The summed E-state index contributed by atoms with van der Waals surface area (Å²) in [7, 11) is 1.72. The molecule has 0 aliphatic carbocycles. The Morgan fingerprint density at radius 1 is 1.44 bits per heavy atom. The summed E-state index contributed by atoms with van der Waals surface area (Å²) in [6.07, 6.45) is 2.59. The summed E-state index contributed by atoms with van der Waals surface area (Å²) in [4.78, 5) is 0. The average molecular weight is 220 g/mol. The van der Waals surface area contributed by atoms with E-state index in [0.29, 0.717) is 6.10 Å². The number of rotatable bonds is 2. The molecule has 2 atom stereocenters. The number of methoxy groups -OCH3 is 1. The molecule has 2 unspecified atom stereocenters. The number of hydrogen-bond donors (Lipinski definition) is 0. The SMILES string of the molecule is CCC1OC(C)Cc2c(C)cc(OC)cc21. The van der Waals surface area contributed by atoms with Gasteiger partial charge in [0.15, 0.2) is 0 Å². The monoisotopic (exact) mass is 220 g/mol. The molecule has 1 aliphatic rings. The second-order valence-electron chi connectivity index (χ2n) is 4.56. The normalized spacial score (nSPS) is 24.0. The number of fused-ring (bicyclic) bond motifs is 1. The molecular weight excluding hydrogens is 200 g/mol. The van der Waals surface area contributed by atoms with E-state index in [0.717, 1.165) is 18.6 Å². The van der Waals surface area contributed by atoms with Crippen molar-refractivity contribution >= 4 is 0 Å². The van der Waals surface area contributed by atoms with Crippen LogP contribution in [0.15, 0.2) is 12.1 Å². The molecule has 0 spiro atoms. The lowest BCUT2D eigenvalue weighted by molar-refractivity contribution is -0.0175. The largest absolute Gasteiger partial charge is 0.497 e. The molecule has 1 heterocycles. The van der Waals surface area contributed by atoms with Crippen LogP contribution >= 0.6 is 0 Å². The van der Waals surface area contributed by atoms with Gasteiger partial charge in [0.25, 0.3) is 0 Å². The lowest BCUT2D eigenvalue weighted by Crippen LogP contribution is -2.24. The Kier molecular flexibility index (Phi) is 3.20. The quantitative estimate of drug-likeness (QED) is 0.760. The van der Waals surface area contributed by atoms with E-state index in [1.54, 1.807) is 7.11 Å². The van der Waals surface area contributed by atoms with Crippen LogP contribution in [-0.2, 0) is 11.2 Å². The second kappa shape index (κ2) is 4.46. The van der Waals surface area contributed by atoms with Crippen LogP contribution in [0.3, 0.4) is 0 Å². The van der Waals surface area contributed by atoms with Crippen LogP contribution in [0.25, 0.3) is 0 Å². The molecular formula is C14H20O2. The number of ether oxygens (including phenoxy) is 2. The fraction of sp³-hybridized carbons (Fsp3) is 0.571. The van der Waals surface area contributed by atoms with Gasteiger partial charge in [0.05, 0.1) is 19.3 Å².